The highest BCUT2D eigenvalue weighted by Crippen LogP contribution is 2.40. The van der Waals surface area contributed by atoms with E-state index in [4.69, 9.17) is 0 Å². The Morgan fingerprint density at radius 1 is 1.14 bits per heavy atom. The monoisotopic (exact) mass is 508 g/mol. The van der Waals surface area contributed by atoms with E-state index in [-0.39, 0.29) is 24.0 Å². The van der Waals surface area contributed by atoms with Crippen LogP contribution in [0.3, 0.4) is 0 Å². The average molecular weight is 508 g/mol. The Morgan fingerprint density at radius 2 is 1.97 bits per heavy atom. The number of nitrogens with zero attached hydrogens (tertiary/aromatic N) is 4. The van der Waals surface area contributed by atoms with Crippen molar-refractivity contribution < 1.29 is 0 Å². The van der Waals surface area contributed by atoms with E-state index >= 15 is 0 Å². The van der Waals surface area contributed by atoms with Crippen LogP contribution in [0.2, 0.25) is 0 Å². The molecule has 0 aliphatic heterocycles. The quantitative estimate of drug-likeness (QED) is 0.369. The summed E-state index contributed by atoms with van der Waals surface area (Å²) in [6, 6.07) is 4.69. The first-order chi connectivity index (χ1) is 13.7. The number of fused-ring (bicyclic) bond motifs is 1. The fourth-order valence-electron chi connectivity index (χ4n) is 4.86. The van der Waals surface area contributed by atoms with Crippen molar-refractivity contribution in [3.63, 3.8) is 0 Å². The van der Waals surface area contributed by atoms with Gasteiger partial charge in [-0.3, -0.25) is 9.56 Å². The van der Waals surface area contributed by atoms with E-state index in [1.807, 2.05) is 37.0 Å². The molecule has 2 aliphatic carbocycles. The molecule has 2 heterocycles. The number of imidazole rings is 1. The summed E-state index contributed by atoms with van der Waals surface area (Å²) < 4.78 is 1.99. The molecule has 2 aromatic heterocycles. The van der Waals surface area contributed by atoms with Crippen LogP contribution in [0, 0.1) is 18.8 Å². The largest absolute Gasteiger partial charge is 0.354 e. The lowest BCUT2D eigenvalue weighted by molar-refractivity contribution is 0.150. The van der Waals surface area contributed by atoms with Crippen molar-refractivity contribution >= 4 is 29.9 Å². The molecule has 0 aromatic carbocycles. The molecular formula is C22H33IN6. The number of aromatic nitrogens is 3. The fraction of sp³-hybridized carbons (Fsp3) is 0.591. The molecule has 29 heavy (non-hydrogen) atoms. The van der Waals surface area contributed by atoms with Crippen molar-refractivity contribution in [3.05, 3.63) is 42.1 Å². The summed E-state index contributed by atoms with van der Waals surface area (Å²) in [4.78, 5) is 13.3. The second-order valence-corrected chi connectivity index (χ2v) is 8.25. The number of pyridine rings is 1. The number of hydrogen-bond donors (Lipinski definition) is 2. The first kappa shape index (κ1) is 22.1. The molecule has 3 unspecified atom stereocenters. The van der Waals surface area contributed by atoms with Gasteiger partial charge in [0.2, 0.25) is 0 Å². The number of rotatable bonds is 4. The number of guanidine groups is 1. The maximum atomic E-state index is 4.57. The van der Waals surface area contributed by atoms with Crippen LogP contribution in [0.5, 0.6) is 0 Å². The normalized spacial score (nSPS) is 24.3. The van der Waals surface area contributed by atoms with Crippen LogP contribution in [0.1, 0.15) is 56.3 Å². The van der Waals surface area contributed by atoms with Crippen LogP contribution in [-0.4, -0.2) is 33.6 Å². The Hall–Kier alpha value is -1.64. The van der Waals surface area contributed by atoms with E-state index in [1.54, 1.807) is 6.20 Å². The van der Waals surface area contributed by atoms with Crippen molar-refractivity contribution in [2.24, 2.45) is 16.8 Å². The molecule has 0 bridgehead atoms. The summed E-state index contributed by atoms with van der Waals surface area (Å²) in [5.74, 6) is 4.63. The molecule has 2 N–H and O–H groups in total. The van der Waals surface area contributed by atoms with Gasteiger partial charge in [-0.15, -0.1) is 24.0 Å². The third-order valence-electron chi connectivity index (χ3n) is 6.45. The predicted octanol–water partition coefficient (Wildman–Crippen LogP) is 4.22. The van der Waals surface area contributed by atoms with E-state index in [1.165, 1.54) is 44.9 Å². The molecule has 2 fully saturated rings. The molecule has 0 amide bonds. The lowest BCUT2D eigenvalue weighted by Crippen LogP contribution is -2.46. The minimum absolute atomic E-state index is 0. The van der Waals surface area contributed by atoms with Crippen molar-refractivity contribution in [3.8, 4) is 5.82 Å². The summed E-state index contributed by atoms with van der Waals surface area (Å²) >= 11 is 0. The molecule has 2 aliphatic rings. The third-order valence-corrected chi connectivity index (χ3v) is 6.45. The Balaban J connectivity index is 0.00000240. The third kappa shape index (κ3) is 5.49. The van der Waals surface area contributed by atoms with E-state index in [2.05, 4.69) is 31.7 Å². The molecule has 0 radical (unpaired) electrons. The number of aliphatic imine (C=N–C) groups is 1. The standard InChI is InChI=1S/C22H32N6.HI/c1-16-24-11-12-28(16)21-10-7-17(14-25-21)15-26-22(23-2)27-20-9-8-18-5-3-4-6-19(18)13-20;/h7,10-12,14,18-20H,3-6,8-9,13,15H2,1-2H3,(H2,23,26,27);1H. The highest BCUT2D eigenvalue weighted by molar-refractivity contribution is 14.0. The molecule has 2 aromatic rings. The minimum atomic E-state index is 0. The van der Waals surface area contributed by atoms with Gasteiger partial charge in [0.15, 0.2) is 5.96 Å². The molecule has 4 rings (SSSR count). The number of hydrogen-bond acceptors (Lipinski definition) is 3. The van der Waals surface area contributed by atoms with Gasteiger partial charge in [-0.05, 0) is 49.7 Å². The maximum Gasteiger partial charge on any atom is 0.191 e. The Morgan fingerprint density at radius 3 is 2.66 bits per heavy atom. The molecule has 3 atom stereocenters. The Kier molecular flexibility index (Phi) is 7.91. The van der Waals surface area contributed by atoms with Crippen molar-refractivity contribution in [1.82, 2.24) is 25.2 Å². The van der Waals surface area contributed by atoms with E-state index in [0.717, 1.165) is 35.0 Å². The summed E-state index contributed by atoms with van der Waals surface area (Å²) in [6.45, 7) is 2.70. The van der Waals surface area contributed by atoms with Gasteiger partial charge in [-0.25, -0.2) is 9.97 Å². The van der Waals surface area contributed by atoms with E-state index in [0.29, 0.717) is 12.6 Å². The highest BCUT2D eigenvalue weighted by Gasteiger charge is 2.32. The zero-order valence-corrected chi connectivity index (χ0v) is 19.8. The highest BCUT2D eigenvalue weighted by atomic mass is 127. The van der Waals surface area contributed by atoms with Gasteiger partial charge in [0.05, 0.1) is 0 Å². The second kappa shape index (κ2) is 10.4. The topological polar surface area (TPSA) is 67.1 Å². The van der Waals surface area contributed by atoms with E-state index in [9.17, 15) is 0 Å². The maximum absolute atomic E-state index is 4.57. The zero-order valence-electron chi connectivity index (χ0n) is 17.5. The first-order valence-electron chi connectivity index (χ1n) is 10.7. The number of nitrogens with one attached hydrogen (secondary N) is 2. The Bertz CT molecular complexity index is 800. The van der Waals surface area contributed by atoms with Crippen LogP contribution >= 0.6 is 24.0 Å². The molecule has 158 valence electrons. The molecule has 6 nitrogen and oxygen atoms in total. The predicted molar refractivity (Wildman–Crippen MR) is 128 cm³/mol. The summed E-state index contributed by atoms with van der Waals surface area (Å²) in [5, 5.41) is 7.11. The van der Waals surface area contributed by atoms with Crippen LogP contribution in [0.25, 0.3) is 5.82 Å². The van der Waals surface area contributed by atoms with Crippen molar-refractivity contribution in [1.29, 1.82) is 0 Å². The number of aryl methyl sites for hydroxylation is 1. The molecule has 2 saturated carbocycles. The SMILES string of the molecule is CN=C(NCc1ccc(-n2ccnc2C)nc1)NC1CCC2CCCCC2C1.I. The second-order valence-electron chi connectivity index (χ2n) is 8.25. The van der Waals surface area contributed by atoms with Crippen LogP contribution < -0.4 is 10.6 Å². The minimum Gasteiger partial charge on any atom is -0.354 e. The van der Waals surface area contributed by atoms with Crippen LogP contribution in [-0.2, 0) is 6.54 Å². The van der Waals surface area contributed by atoms with Crippen LogP contribution in [0.4, 0.5) is 0 Å². The first-order valence-corrected chi connectivity index (χ1v) is 10.7. The number of halogens is 1. The van der Waals surface area contributed by atoms with E-state index < -0.39 is 0 Å². The lowest BCUT2D eigenvalue weighted by Gasteiger charge is -2.39. The van der Waals surface area contributed by atoms with Gasteiger partial charge in [0.1, 0.15) is 11.6 Å². The van der Waals surface area contributed by atoms with Gasteiger partial charge in [-0.2, -0.15) is 0 Å². The molecule has 0 spiro atoms. The smallest absolute Gasteiger partial charge is 0.191 e. The summed E-state index contributed by atoms with van der Waals surface area (Å²) in [6.07, 6.45) is 15.3. The van der Waals surface area contributed by atoms with Gasteiger partial charge >= 0.3 is 0 Å². The van der Waals surface area contributed by atoms with Gasteiger partial charge < -0.3 is 10.6 Å². The van der Waals surface area contributed by atoms with Crippen molar-refractivity contribution in [2.75, 3.05) is 7.05 Å². The van der Waals surface area contributed by atoms with Gasteiger partial charge in [0, 0.05) is 38.2 Å². The zero-order chi connectivity index (χ0) is 19.3. The summed E-state index contributed by atoms with van der Waals surface area (Å²) in [7, 11) is 1.85. The average Bonchev–Trinajstić information content (AvgIpc) is 3.17. The van der Waals surface area contributed by atoms with Gasteiger partial charge in [-0.1, -0.05) is 31.7 Å². The van der Waals surface area contributed by atoms with Crippen LogP contribution in [0.15, 0.2) is 35.7 Å². The lowest BCUT2D eigenvalue weighted by atomic mass is 9.69. The molecular weight excluding hydrogens is 475 g/mol. The summed E-state index contributed by atoms with van der Waals surface area (Å²) in [5.41, 5.74) is 1.14. The van der Waals surface area contributed by atoms with Gasteiger partial charge in [0.25, 0.3) is 0 Å². The Labute approximate surface area is 191 Å². The van der Waals surface area contributed by atoms with Crippen molar-refractivity contribution in [2.45, 2.75) is 64.5 Å². The molecule has 0 saturated heterocycles. The molecule has 7 heteroatoms. The fourth-order valence-corrected chi connectivity index (χ4v) is 4.86.